The lowest BCUT2D eigenvalue weighted by Crippen LogP contribution is -2.73. The molecule has 2 fully saturated rings. The second kappa shape index (κ2) is 9.71. The number of ether oxygens (including phenoxy) is 1. The first kappa shape index (κ1) is 28.8. The molecule has 0 saturated carbocycles. The van der Waals surface area contributed by atoms with Crippen molar-refractivity contribution in [3.05, 3.63) is 53.2 Å². The molecule has 0 radical (unpaired) electrons. The summed E-state index contributed by atoms with van der Waals surface area (Å²) in [6, 6.07) is 5.62. The van der Waals surface area contributed by atoms with Gasteiger partial charge in [-0.2, -0.15) is 8.78 Å². The average Bonchev–Trinajstić information content (AvgIpc) is 2.79. The number of nitrogens with one attached hydrogen (secondary N) is 1. The third-order valence-corrected chi connectivity index (χ3v) is 7.40. The van der Waals surface area contributed by atoms with Gasteiger partial charge in [0.05, 0.1) is 22.8 Å². The normalized spacial score (nSPS) is 16.9. The number of hydrogen-bond acceptors (Lipinski definition) is 8. The highest BCUT2D eigenvalue weighted by Gasteiger charge is 2.54. The Labute approximate surface area is 236 Å². The van der Waals surface area contributed by atoms with Gasteiger partial charge in [0.25, 0.3) is 0 Å². The van der Waals surface area contributed by atoms with Crippen LogP contribution >= 0.6 is 0 Å². The van der Waals surface area contributed by atoms with E-state index < -0.39 is 28.5 Å². The number of aromatic nitrogens is 3. The number of alkyl halides is 2. The van der Waals surface area contributed by atoms with E-state index in [0.29, 0.717) is 35.8 Å². The molecule has 0 unspecified atom stereocenters. The monoisotopic (exact) mass is 572 g/mol. The predicted octanol–water partition coefficient (Wildman–Crippen LogP) is 5.00. The van der Waals surface area contributed by atoms with Crippen LogP contribution in [0.15, 0.2) is 30.5 Å². The first-order valence-electron chi connectivity index (χ1n) is 13.5. The molecule has 2 aliphatic rings. The van der Waals surface area contributed by atoms with E-state index in [2.05, 4.69) is 25.2 Å². The van der Waals surface area contributed by atoms with Gasteiger partial charge >= 0.3 is 12.0 Å². The number of likely N-dealkylation sites (tertiary alicyclic amines) is 1. The minimum absolute atomic E-state index is 0.00386. The fourth-order valence-electron chi connectivity index (χ4n) is 5.25. The summed E-state index contributed by atoms with van der Waals surface area (Å²) in [4.78, 5) is 29.6. The molecule has 1 amide bonds. The molecule has 9 nitrogen and oxygen atoms in total. The lowest BCUT2D eigenvalue weighted by Gasteiger charge is -2.60. The number of anilines is 2. The fraction of sp³-hybridized carbons (Fsp3) is 0.517. The van der Waals surface area contributed by atoms with E-state index in [9.17, 15) is 18.7 Å². The van der Waals surface area contributed by atoms with Crippen molar-refractivity contribution in [2.45, 2.75) is 65.2 Å². The van der Waals surface area contributed by atoms with Gasteiger partial charge in [0.15, 0.2) is 5.65 Å². The van der Waals surface area contributed by atoms with Crippen LogP contribution in [0.5, 0.6) is 0 Å². The molecule has 2 N–H and O–H groups in total. The van der Waals surface area contributed by atoms with Gasteiger partial charge in [-0.1, -0.05) is 12.1 Å². The Kier molecular flexibility index (Phi) is 6.83. The Morgan fingerprint density at radius 2 is 1.80 bits per heavy atom. The first-order valence-corrected chi connectivity index (χ1v) is 13.5. The Balaban J connectivity index is 1.31. The van der Waals surface area contributed by atoms with Crippen molar-refractivity contribution in [2.24, 2.45) is 5.41 Å². The van der Waals surface area contributed by atoms with Gasteiger partial charge in [0.1, 0.15) is 28.7 Å². The number of aryl methyl sites for hydroxylation is 1. The van der Waals surface area contributed by atoms with Crippen molar-refractivity contribution < 1.29 is 27.8 Å². The molecular weight excluding hydrogens is 537 g/mol. The Morgan fingerprint density at radius 3 is 2.44 bits per heavy atom. The molecule has 2 aromatic heterocycles. The largest absolute Gasteiger partial charge is 0.444 e. The molecule has 5 rings (SSSR count). The Hall–Kier alpha value is -3.67. The number of carbonyl (C=O) groups is 1. The highest BCUT2D eigenvalue weighted by molar-refractivity contribution is 5.89. The van der Waals surface area contributed by atoms with Crippen LogP contribution in [0.25, 0.3) is 11.0 Å². The van der Waals surface area contributed by atoms with Crippen LogP contribution in [0.4, 0.5) is 29.5 Å². The van der Waals surface area contributed by atoms with Crippen molar-refractivity contribution in [2.75, 3.05) is 36.4 Å². The smallest absolute Gasteiger partial charge is 0.410 e. The summed E-state index contributed by atoms with van der Waals surface area (Å²) in [6.07, 6.45) is 1.43. The Morgan fingerprint density at radius 1 is 1.12 bits per heavy atom. The van der Waals surface area contributed by atoms with Crippen molar-refractivity contribution >= 4 is 28.6 Å². The van der Waals surface area contributed by atoms with Crippen LogP contribution in [0, 0.1) is 18.2 Å². The summed E-state index contributed by atoms with van der Waals surface area (Å²) in [5.41, 5.74) is -2.53. The highest BCUT2D eigenvalue weighted by atomic mass is 19.3. The molecule has 3 aromatic rings. The second-order valence-electron chi connectivity index (χ2n) is 12.6. The second-order valence-corrected chi connectivity index (χ2v) is 12.6. The number of nitrogens with zero attached hydrogens (tertiary/aromatic N) is 5. The maximum Gasteiger partial charge on any atom is 0.410 e. The molecule has 0 atom stereocenters. The lowest BCUT2D eigenvalue weighted by atomic mass is 9.73. The molecule has 1 spiro atoms. The summed E-state index contributed by atoms with van der Waals surface area (Å²) < 4.78 is 50.1. The third-order valence-electron chi connectivity index (χ3n) is 7.40. The van der Waals surface area contributed by atoms with Gasteiger partial charge < -0.3 is 25.0 Å². The predicted molar refractivity (Wildman–Crippen MR) is 148 cm³/mol. The summed E-state index contributed by atoms with van der Waals surface area (Å²) in [6.45, 7) is 11.8. The van der Waals surface area contributed by atoms with Gasteiger partial charge in [0.2, 0.25) is 0 Å². The van der Waals surface area contributed by atoms with Crippen LogP contribution in [0.3, 0.4) is 0 Å². The molecule has 4 heterocycles. The molecular formula is C29H35F3N6O3. The number of carbonyl (C=O) groups excluding carboxylic acids is 1. The molecule has 0 bridgehead atoms. The summed E-state index contributed by atoms with van der Waals surface area (Å²) in [5.74, 6) is -4.03. The standard InChI is InChI=1S/C29H35F3N6O3/c1-17-35-23(33-11-18-8-7-9-21(22(18)30)29(31,32)27(5,6)40)20-10-19(12-34-24(20)36-17)37-13-28(14-37)15-38(16-28)25(39)41-26(2,3)4/h7-10,12,40H,11,13-16H2,1-6H3,(H,33,34,35,36). The topological polar surface area (TPSA) is 104 Å². The average molecular weight is 573 g/mol. The van der Waals surface area contributed by atoms with Gasteiger partial charge in [-0.3, -0.25) is 0 Å². The Bertz CT molecular complexity index is 1490. The van der Waals surface area contributed by atoms with E-state index >= 15 is 4.39 Å². The number of pyridine rings is 1. The van der Waals surface area contributed by atoms with E-state index in [1.807, 2.05) is 26.8 Å². The SMILES string of the molecule is Cc1nc(NCc2cccc(C(F)(F)C(C)(C)O)c2F)c2cc(N3CC4(CN(C(=O)OC(C)(C)C)C4)C3)cnc2n1. The van der Waals surface area contributed by atoms with E-state index in [-0.39, 0.29) is 23.6 Å². The van der Waals surface area contributed by atoms with Crippen LogP contribution < -0.4 is 10.2 Å². The van der Waals surface area contributed by atoms with Crippen LogP contribution in [-0.4, -0.2) is 68.4 Å². The quantitative estimate of drug-likeness (QED) is 0.425. The zero-order valence-corrected chi connectivity index (χ0v) is 24.1. The number of amides is 1. The minimum Gasteiger partial charge on any atom is -0.444 e. The minimum atomic E-state index is -3.79. The summed E-state index contributed by atoms with van der Waals surface area (Å²) >= 11 is 0. The first-order chi connectivity index (χ1) is 19.0. The third kappa shape index (κ3) is 5.49. The fourth-order valence-corrected chi connectivity index (χ4v) is 5.25. The van der Waals surface area contributed by atoms with E-state index in [0.717, 1.165) is 38.7 Å². The molecule has 220 valence electrons. The number of halogens is 3. The maximum atomic E-state index is 15.2. The van der Waals surface area contributed by atoms with Crippen molar-refractivity contribution in [3.8, 4) is 0 Å². The van der Waals surface area contributed by atoms with Crippen LogP contribution in [-0.2, 0) is 17.2 Å². The number of rotatable bonds is 6. The summed E-state index contributed by atoms with van der Waals surface area (Å²) in [7, 11) is 0. The number of fused-ring (bicyclic) bond motifs is 1. The molecule has 12 heteroatoms. The van der Waals surface area contributed by atoms with Gasteiger partial charge in [-0.15, -0.1) is 0 Å². The van der Waals surface area contributed by atoms with Crippen LogP contribution in [0.2, 0.25) is 0 Å². The van der Waals surface area contributed by atoms with E-state index in [4.69, 9.17) is 4.74 Å². The van der Waals surface area contributed by atoms with Crippen molar-refractivity contribution in [3.63, 3.8) is 0 Å². The van der Waals surface area contributed by atoms with E-state index in [1.54, 1.807) is 18.0 Å². The van der Waals surface area contributed by atoms with Gasteiger partial charge in [-0.25, -0.2) is 24.1 Å². The molecule has 2 saturated heterocycles. The van der Waals surface area contributed by atoms with Crippen molar-refractivity contribution in [1.82, 2.24) is 19.9 Å². The van der Waals surface area contributed by atoms with Crippen molar-refractivity contribution in [1.29, 1.82) is 0 Å². The molecule has 2 aliphatic heterocycles. The number of aliphatic hydroxyl groups is 1. The maximum absolute atomic E-state index is 15.2. The molecule has 0 aliphatic carbocycles. The summed E-state index contributed by atoms with van der Waals surface area (Å²) in [5, 5.41) is 13.6. The van der Waals surface area contributed by atoms with Gasteiger partial charge in [0, 0.05) is 43.7 Å². The number of benzene rings is 1. The van der Waals surface area contributed by atoms with E-state index in [1.165, 1.54) is 12.1 Å². The highest BCUT2D eigenvalue weighted by Crippen LogP contribution is 2.43. The zero-order valence-electron chi connectivity index (χ0n) is 24.1. The zero-order chi connectivity index (χ0) is 30.0. The van der Waals surface area contributed by atoms with Crippen LogP contribution in [0.1, 0.15) is 51.6 Å². The number of hydrogen-bond donors (Lipinski definition) is 2. The van der Waals surface area contributed by atoms with Gasteiger partial charge in [-0.05, 0) is 53.7 Å². The molecule has 1 aromatic carbocycles. The molecule has 41 heavy (non-hydrogen) atoms. The lowest BCUT2D eigenvalue weighted by molar-refractivity contribution is -0.170.